The van der Waals surface area contributed by atoms with Crippen LogP contribution in [0.1, 0.15) is 5.69 Å². The lowest BCUT2D eigenvalue weighted by atomic mass is 10.3. The monoisotopic (exact) mass is 179 g/mol. The van der Waals surface area contributed by atoms with E-state index in [-0.39, 0.29) is 0 Å². The van der Waals surface area contributed by atoms with Crippen LogP contribution in [0.15, 0.2) is 17.5 Å². The van der Waals surface area contributed by atoms with Gasteiger partial charge in [0, 0.05) is 18.1 Å². The van der Waals surface area contributed by atoms with Crippen LogP contribution in [0.5, 0.6) is 0 Å². The normalized spacial score (nSPS) is 10.5. The quantitative estimate of drug-likeness (QED) is 0.669. The smallest absolute Gasteiger partial charge is 0.112 e. The van der Waals surface area contributed by atoms with Crippen molar-refractivity contribution in [3.8, 4) is 11.4 Å². The minimum atomic E-state index is 0.955. The Balaban J connectivity index is 2.48. The summed E-state index contributed by atoms with van der Waals surface area (Å²) >= 11 is 1.45. The molecule has 0 fully saturated rings. The molecule has 0 aliphatic heterocycles. The average Bonchev–Trinajstić information content (AvgIpc) is 2.61. The molecule has 2 rings (SSSR count). The number of nitrogens with zero attached hydrogens (tertiary/aromatic N) is 3. The second kappa shape index (κ2) is 2.71. The summed E-state index contributed by atoms with van der Waals surface area (Å²) in [6.45, 7) is 2.03. The van der Waals surface area contributed by atoms with E-state index in [9.17, 15) is 0 Å². The van der Waals surface area contributed by atoms with Crippen molar-refractivity contribution in [2.75, 3.05) is 0 Å². The number of rotatable bonds is 1. The van der Waals surface area contributed by atoms with Crippen molar-refractivity contribution in [2.45, 2.75) is 6.92 Å². The molecule has 12 heavy (non-hydrogen) atoms. The van der Waals surface area contributed by atoms with Crippen LogP contribution in [0.3, 0.4) is 0 Å². The van der Waals surface area contributed by atoms with E-state index < -0.39 is 0 Å². The van der Waals surface area contributed by atoms with Crippen LogP contribution in [-0.2, 0) is 7.05 Å². The fraction of sp³-hybridized carbons (Fsp3) is 0.250. The van der Waals surface area contributed by atoms with Gasteiger partial charge in [0.25, 0.3) is 0 Å². The highest BCUT2D eigenvalue weighted by molar-refractivity contribution is 7.03. The molecular weight excluding hydrogens is 170 g/mol. The van der Waals surface area contributed by atoms with Gasteiger partial charge in [0.1, 0.15) is 11.4 Å². The minimum absolute atomic E-state index is 0.955. The van der Waals surface area contributed by atoms with Gasteiger partial charge in [-0.05, 0) is 30.6 Å². The molecule has 0 N–H and O–H groups in total. The molecule has 2 aromatic heterocycles. The number of aromatic nitrogens is 3. The average molecular weight is 179 g/mol. The molecule has 0 atom stereocenters. The Morgan fingerprint density at radius 2 is 2.25 bits per heavy atom. The van der Waals surface area contributed by atoms with Crippen LogP contribution in [0.4, 0.5) is 0 Å². The molecule has 0 aromatic carbocycles. The van der Waals surface area contributed by atoms with Crippen LogP contribution in [-0.4, -0.2) is 14.2 Å². The first-order valence-electron chi connectivity index (χ1n) is 3.69. The van der Waals surface area contributed by atoms with Crippen molar-refractivity contribution in [1.29, 1.82) is 0 Å². The predicted octanol–water partition coefficient (Wildman–Crippen LogP) is 1.85. The molecule has 0 amide bonds. The van der Waals surface area contributed by atoms with Crippen molar-refractivity contribution < 1.29 is 0 Å². The maximum atomic E-state index is 4.31. The number of hydrogen-bond acceptors (Lipinski definition) is 3. The van der Waals surface area contributed by atoms with Gasteiger partial charge in [-0.3, -0.25) is 4.68 Å². The maximum Gasteiger partial charge on any atom is 0.112 e. The van der Waals surface area contributed by atoms with E-state index in [0.29, 0.717) is 0 Å². The van der Waals surface area contributed by atoms with E-state index in [2.05, 4.69) is 9.47 Å². The van der Waals surface area contributed by atoms with Crippen LogP contribution < -0.4 is 0 Å². The molecule has 62 valence electrons. The summed E-state index contributed by atoms with van der Waals surface area (Å²) in [6, 6.07) is 4.02. The number of hydrogen-bond donors (Lipinski definition) is 0. The van der Waals surface area contributed by atoms with E-state index in [1.165, 1.54) is 11.5 Å². The molecule has 4 heteroatoms. The second-order valence-corrected chi connectivity index (χ2v) is 3.34. The van der Waals surface area contributed by atoms with Crippen LogP contribution >= 0.6 is 11.5 Å². The van der Waals surface area contributed by atoms with Gasteiger partial charge in [0.15, 0.2) is 0 Å². The van der Waals surface area contributed by atoms with E-state index >= 15 is 0 Å². The predicted molar refractivity (Wildman–Crippen MR) is 49.1 cm³/mol. The third kappa shape index (κ3) is 1.14. The van der Waals surface area contributed by atoms with E-state index in [1.54, 1.807) is 0 Å². The topological polar surface area (TPSA) is 30.7 Å². The Morgan fingerprint density at radius 1 is 1.42 bits per heavy atom. The highest BCUT2D eigenvalue weighted by Gasteiger charge is 2.04. The Labute approximate surface area is 74.8 Å². The molecule has 0 bridgehead atoms. The lowest BCUT2D eigenvalue weighted by molar-refractivity contribution is 0.742. The zero-order chi connectivity index (χ0) is 8.55. The molecule has 0 unspecified atom stereocenters. The molecule has 0 aliphatic carbocycles. The van der Waals surface area contributed by atoms with Crippen LogP contribution in [0.2, 0.25) is 0 Å². The van der Waals surface area contributed by atoms with E-state index in [0.717, 1.165) is 17.1 Å². The standard InChI is InChI=1S/C8H9N3S/c1-6-5-8(9-11(6)2)7-3-4-12-10-7/h3-5H,1-2H3. The third-order valence-electron chi connectivity index (χ3n) is 1.81. The van der Waals surface area contributed by atoms with Gasteiger partial charge >= 0.3 is 0 Å². The first-order valence-corrected chi connectivity index (χ1v) is 4.52. The Hall–Kier alpha value is -1.16. The first kappa shape index (κ1) is 7.49. The zero-order valence-electron chi connectivity index (χ0n) is 6.98. The van der Waals surface area contributed by atoms with Crippen LogP contribution in [0.25, 0.3) is 11.4 Å². The summed E-state index contributed by atoms with van der Waals surface area (Å²) in [5, 5.41) is 6.27. The lowest BCUT2D eigenvalue weighted by Crippen LogP contribution is -1.92. The molecule has 0 radical (unpaired) electrons. The summed E-state index contributed by atoms with van der Waals surface area (Å²) in [7, 11) is 1.94. The Morgan fingerprint density at radius 3 is 2.75 bits per heavy atom. The van der Waals surface area contributed by atoms with Gasteiger partial charge in [-0.1, -0.05) is 0 Å². The van der Waals surface area contributed by atoms with Gasteiger partial charge in [-0.2, -0.15) is 9.47 Å². The lowest BCUT2D eigenvalue weighted by Gasteiger charge is -1.88. The number of aryl methyl sites for hydroxylation is 2. The van der Waals surface area contributed by atoms with Crippen molar-refractivity contribution in [3.63, 3.8) is 0 Å². The molecule has 2 aromatic rings. The molecule has 0 saturated carbocycles. The summed E-state index contributed by atoms with van der Waals surface area (Å²) in [6.07, 6.45) is 0. The van der Waals surface area contributed by atoms with Crippen molar-refractivity contribution in [2.24, 2.45) is 7.05 Å². The van der Waals surface area contributed by atoms with Gasteiger partial charge in [-0.15, -0.1) is 0 Å². The SMILES string of the molecule is Cc1cc(-c2ccsn2)nn1C. The third-order valence-corrected chi connectivity index (χ3v) is 2.37. The Kier molecular flexibility index (Phi) is 1.69. The summed E-state index contributed by atoms with van der Waals surface area (Å²) in [5.74, 6) is 0. The maximum absolute atomic E-state index is 4.31. The van der Waals surface area contributed by atoms with E-state index in [4.69, 9.17) is 0 Å². The minimum Gasteiger partial charge on any atom is -0.272 e. The highest BCUT2D eigenvalue weighted by atomic mass is 32.1. The van der Waals surface area contributed by atoms with Gasteiger partial charge in [-0.25, -0.2) is 0 Å². The van der Waals surface area contributed by atoms with Crippen molar-refractivity contribution in [1.82, 2.24) is 14.2 Å². The fourth-order valence-electron chi connectivity index (χ4n) is 1.03. The van der Waals surface area contributed by atoms with Gasteiger partial charge in [0.2, 0.25) is 0 Å². The Bertz CT molecular complexity index is 355. The van der Waals surface area contributed by atoms with Gasteiger partial charge in [0.05, 0.1) is 0 Å². The zero-order valence-corrected chi connectivity index (χ0v) is 7.80. The van der Waals surface area contributed by atoms with Crippen molar-refractivity contribution >= 4 is 11.5 Å². The van der Waals surface area contributed by atoms with E-state index in [1.807, 2.05) is 36.2 Å². The second-order valence-electron chi connectivity index (χ2n) is 2.68. The summed E-state index contributed by atoms with van der Waals surface area (Å²) in [5.41, 5.74) is 3.07. The molecule has 0 aliphatic rings. The molecule has 0 saturated heterocycles. The fourth-order valence-corrected chi connectivity index (χ4v) is 1.55. The molecular formula is C8H9N3S. The molecule has 3 nitrogen and oxygen atoms in total. The molecule has 2 heterocycles. The summed E-state index contributed by atoms with van der Waals surface area (Å²) < 4.78 is 6.06. The van der Waals surface area contributed by atoms with Crippen LogP contribution in [0, 0.1) is 6.92 Å². The largest absolute Gasteiger partial charge is 0.272 e. The first-order chi connectivity index (χ1) is 5.77. The summed E-state index contributed by atoms with van der Waals surface area (Å²) in [4.78, 5) is 0. The highest BCUT2D eigenvalue weighted by Crippen LogP contribution is 2.17. The molecule has 0 spiro atoms. The van der Waals surface area contributed by atoms with Crippen molar-refractivity contribution in [3.05, 3.63) is 23.2 Å². The van der Waals surface area contributed by atoms with Gasteiger partial charge < -0.3 is 0 Å².